The number of carbonyl (C=O) groups is 1. The molecule has 0 bridgehead atoms. The maximum Gasteiger partial charge on any atom is 0.226 e. The number of aromatic nitrogens is 2. The molecule has 0 aliphatic carbocycles. The smallest absolute Gasteiger partial charge is 0.226 e. The van der Waals surface area contributed by atoms with Crippen molar-refractivity contribution in [3.05, 3.63) is 18.2 Å². The Morgan fingerprint density at radius 3 is 3.07 bits per heavy atom. The van der Waals surface area contributed by atoms with E-state index in [0.29, 0.717) is 13.0 Å². The second-order valence-electron chi connectivity index (χ2n) is 2.91. The summed E-state index contributed by atoms with van der Waals surface area (Å²) >= 11 is 0. The van der Waals surface area contributed by atoms with Crippen molar-refractivity contribution in [3.8, 4) is 11.8 Å². The van der Waals surface area contributed by atoms with Gasteiger partial charge in [0.05, 0.1) is 25.0 Å². The molecule has 0 saturated carbocycles. The van der Waals surface area contributed by atoms with Gasteiger partial charge in [0.2, 0.25) is 5.91 Å². The molecule has 1 heterocycles. The highest BCUT2D eigenvalue weighted by atomic mass is 16.1. The SMILES string of the molecule is CC#CCNC(=O)Cc1cn(C)cn1. The minimum absolute atomic E-state index is 0.0496. The van der Waals surface area contributed by atoms with Crippen LogP contribution in [0.15, 0.2) is 12.5 Å². The van der Waals surface area contributed by atoms with E-state index in [-0.39, 0.29) is 5.91 Å². The van der Waals surface area contributed by atoms with Crippen molar-refractivity contribution in [1.29, 1.82) is 0 Å². The van der Waals surface area contributed by atoms with Crippen LogP contribution in [0.4, 0.5) is 0 Å². The van der Waals surface area contributed by atoms with Gasteiger partial charge < -0.3 is 9.88 Å². The fraction of sp³-hybridized carbons (Fsp3) is 0.400. The molecule has 1 aromatic rings. The molecule has 1 amide bonds. The Hall–Kier alpha value is -1.76. The van der Waals surface area contributed by atoms with Gasteiger partial charge in [0.15, 0.2) is 0 Å². The summed E-state index contributed by atoms with van der Waals surface area (Å²) in [7, 11) is 1.87. The van der Waals surface area contributed by atoms with E-state index in [4.69, 9.17) is 0 Å². The predicted octanol–water partition coefficient (Wildman–Crippen LogP) is 0.102. The fourth-order valence-electron chi connectivity index (χ4n) is 1.02. The molecule has 0 aromatic carbocycles. The summed E-state index contributed by atoms with van der Waals surface area (Å²) in [4.78, 5) is 15.3. The summed E-state index contributed by atoms with van der Waals surface area (Å²) in [5.74, 6) is 5.42. The van der Waals surface area contributed by atoms with Crippen LogP contribution in [-0.2, 0) is 18.3 Å². The molecule has 0 fully saturated rings. The molecule has 1 aromatic heterocycles. The first-order valence-electron chi connectivity index (χ1n) is 4.35. The van der Waals surface area contributed by atoms with Crippen LogP contribution in [0.5, 0.6) is 0 Å². The number of amides is 1. The van der Waals surface area contributed by atoms with E-state index in [9.17, 15) is 4.79 Å². The second kappa shape index (κ2) is 5.07. The van der Waals surface area contributed by atoms with Crippen LogP contribution in [0.2, 0.25) is 0 Å². The van der Waals surface area contributed by atoms with Gasteiger partial charge >= 0.3 is 0 Å². The minimum Gasteiger partial charge on any atom is -0.345 e. The van der Waals surface area contributed by atoms with Gasteiger partial charge in [0, 0.05) is 13.2 Å². The Bertz CT molecular complexity index is 370. The number of hydrogen-bond donors (Lipinski definition) is 1. The van der Waals surface area contributed by atoms with Crippen molar-refractivity contribution in [2.24, 2.45) is 7.05 Å². The lowest BCUT2D eigenvalue weighted by atomic mass is 10.3. The Balaban J connectivity index is 2.36. The summed E-state index contributed by atoms with van der Waals surface area (Å²) in [6.45, 7) is 2.15. The number of nitrogens with one attached hydrogen (secondary N) is 1. The molecule has 0 radical (unpaired) electrons. The molecular formula is C10H13N3O. The van der Waals surface area contributed by atoms with Crippen molar-refractivity contribution in [1.82, 2.24) is 14.9 Å². The third-order valence-electron chi connectivity index (χ3n) is 1.65. The second-order valence-corrected chi connectivity index (χ2v) is 2.91. The van der Waals surface area contributed by atoms with Gasteiger partial charge in [-0.3, -0.25) is 4.79 Å². The number of nitrogens with zero attached hydrogens (tertiary/aromatic N) is 2. The summed E-state index contributed by atoms with van der Waals surface area (Å²) in [5, 5.41) is 2.68. The van der Waals surface area contributed by atoms with Crippen LogP contribution in [0.25, 0.3) is 0 Å². The molecule has 0 atom stereocenters. The Morgan fingerprint density at radius 1 is 1.71 bits per heavy atom. The molecule has 4 nitrogen and oxygen atoms in total. The van der Waals surface area contributed by atoms with Gasteiger partial charge in [-0.15, -0.1) is 5.92 Å². The minimum atomic E-state index is -0.0496. The molecule has 74 valence electrons. The van der Waals surface area contributed by atoms with E-state index in [1.54, 1.807) is 13.3 Å². The van der Waals surface area contributed by atoms with E-state index in [2.05, 4.69) is 22.1 Å². The first kappa shape index (κ1) is 10.3. The van der Waals surface area contributed by atoms with E-state index >= 15 is 0 Å². The molecule has 1 rings (SSSR count). The molecule has 14 heavy (non-hydrogen) atoms. The van der Waals surface area contributed by atoms with Crippen LogP contribution in [0.3, 0.4) is 0 Å². The zero-order valence-corrected chi connectivity index (χ0v) is 8.37. The van der Waals surface area contributed by atoms with E-state index in [1.807, 2.05) is 17.8 Å². The molecule has 0 aliphatic heterocycles. The highest BCUT2D eigenvalue weighted by Crippen LogP contribution is 1.94. The normalized spacial score (nSPS) is 9.00. The monoisotopic (exact) mass is 191 g/mol. The van der Waals surface area contributed by atoms with E-state index in [0.717, 1.165) is 5.69 Å². The molecule has 1 N–H and O–H groups in total. The van der Waals surface area contributed by atoms with Crippen LogP contribution < -0.4 is 5.32 Å². The number of imidazole rings is 1. The molecule has 0 saturated heterocycles. The average Bonchev–Trinajstić information content (AvgIpc) is 2.52. The van der Waals surface area contributed by atoms with Gasteiger partial charge in [-0.2, -0.15) is 0 Å². The fourth-order valence-corrected chi connectivity index (χ4v) is 1.02. The number of rotatable bonds is 3. The van der Waals surface area contributed by atoms with E-state index < -0.39 is 0 Å². The number of hydrogen-bond acceptors (Lipinski definition) is 2. The average molecular weight is 191 g/mol. The summed E-state index contributed by atoms with van der Waals surface area (Å²) in [5.41, 5.74) is 0.773. The van der Waals surface area contributed by atoms with Crippen LogP contribution in [0, 0.1) is 11.8 Å². The molecular weight excluding hydrogens is 178 g/mol. The summed E-state index contributed by atoms with van der Waals surface area (Å²) < 4.78 is 1.81. The standard InChI is InChI=1S/C10H13N3O/c1-3-4-5-11-10(14)6-9-7-13(2)8-12-9/h7-8H,5-6H2,1-2H3,(H,11,14). The number of aryl methyl sites for hydroxylation is 1. The lowest BCUT2D eigenvalue weighted by Crippen LogP contribution is -2.25. The molecule has 0 spiro atoms. The third-order valence-corrected chi connectivity index (χ3v) is 1.65. The van der Waals surface area contributed by atoms with Gasteiger partial charge in [-0.1, -0.05) is 5.92 Å². The van der Waals surface area contributed by atoms with Crippen LogP contribution in [0.1, 0.15) is 12.6 Å². The van der Waals surface area contributed by atoms with Crippen molar-refractivity contribution in [3.63, 3.8) is 0 Å². The Kier molecular flexibility index (Phi) is 3.74. The maximum atomic E-state index is 11.3. The van der Waals surface area contributed by atoms with Gasteiger partial charge in [0.25, 0.3) is 0 Å². The summed E-state index contributed by atoms with van der Waals surface area (Å²) in [6.07, 6.45) is 3.81. The summed E-state index contributed by atoms with van der Waals surface area (Å²) in [6, 6.07) is 0. The topological polar surface area (TPSA) is 46.9 Å². The first-order chi connectivity index (χ1) is 6.72. The molecule has 0 aliphatic rings. The molecule has 0 unspecified atom stereocenters. The van der Waals surface area contributed by atoms with Crippen LogP contribution >= 0.6 is 0 Å². The largest absolute Gasteiger partial charge is 0.345 e. The maximum absolute atomic E-state index is 11.3. The van der Waals surface area contributed by atoms with Gasteiger partial charge in [-0.05, 0) is 6.92 Å². The van der Waals surface area contributed by atoms with Crippen molar-refractivity contribution < 1.29 is 4.79 Å². The highest BCUT2D eigenvalue weighted by Gasteiger charge is 2.03. The Morgan fingerprint density at radius 2 is 2.50 bits per heavy atom. The highest BCUT2D eigenvalue weighted by molar-refractivity contribution is 5.78. The predicted molar refractivity (Wildman–Crippen MR) is 53.4 cm³/mol. The van der Waals surface area contributed by atoms with Crippen molar-refractivity contribution >= 4 is 5.91 Å². The lowest BCUT2D eigenvalue weighted by Gasteiger charge is -1.97. The number of carbonyl (C=O) groups excluding carboxylic acids is 1. The molecule has 4 heteroatoms. The first-order valence-corrected chi connectivity index (χ1v) is 4.35. The quantitative estimate of drug-likeness (QED) is 0.689. The zero-order chi connectivity index (χ0) is 10.4. The van der Waals surface area contributed by atoms with Crippen molar-refractivity contribution in [2.45, 2.75) is 13.3 Å². The lowest BCUT2D eigenvalue weighted by molar-refractivity contribution is -0.120. The van der Waals surface area contributed by atoms with Crippen LogP contribution in [-0.4, -0.2) is 22.0 Å². The Labute approximate surface area is 83.3 Å². The van der Waals surface area contributed by atoms with Crippen molar-refractivity contribution in [2.75, 3.05) is 6.54 Å². The third kappa shape index (κ3) is 3.31. The van der Waals surface area contributed by atoms with Gasteiger partial charge in [-0.25, -0.2) is 4.98 Å². The zero-order valence-electron chi connectivity index (χ0n) is 8.37. The van der Waals surface area contributed by atoms with Gasteiger partial charge in [0.1, 0.15) is 0 Å². The van der Waals surface area contributed by atoms with E-state index in [1.165, 1.54) is 0 Å².